The van der Waals surface area contributed by atoms with Crippen LogP contribution in [0.4, 0.5) is 0 Å². The fourth-order valence-electron chi connectivity index (χ4n) is 2.93. The van der Waals surface area contributed by atoms with Gasteiger partial charge in [-0.2, -0.15) is 5.10 Å². The second-order valence-corrected chi connectivity index (χ2v) is 5.67. The molecule has 0 fully saturated rings. The van der Waals surface area contributed by atoms with E-state index < -0.39 is 0 Å². The normalized spacial score (nSPS) is 18.5. The van der Waals surface area contributed by atoms with Crippen molar-refractivity contribution in [2.75, 3.05) is 20.1 Å². The number of aryl methyl sites for hydroxylation is 1. The third kappa shape index (κ3) is 2.85. The molecule has 3 rings (SSSR count). The Morgan fingerprint density at radius 3 is 3.05 bits per heavy atom. The fraction of sp³-hybridized carbons (Fsp3) is 0.467. The van der Waals surface area contributed by atoms with Gasteiger partial charge >= 0.3 is 0 Å². The number of carbonyl (C=O) groups excluding carboxylic acids is 1. The number of nitrogens with zero attached hydrogens (tertiary/aromatic N) is 4. The first-order valence-corrected chi connectivity index (χ1v) is 7.25. The number of nitrogens with one attached hydrogen (secondary N) is 1. The van der Waals surface area contributed by atoms with E-state index in [4.69, 9.17) is 0 Å². The molecule has 3 heterocycles. The molecule has 0 aromatic carbocycles. The molecular formula is C15H21N5O. The van der Waals surface area contributed by atoms with Crippen LogP contribution in [0.3, 0.4) is 0 Å². The summed E-state index contributed by atoms with van der Waals surface area (Å²) in [4.78, 5) is 14.4. The Labute approximate surface area is 124 Å². The molecule has 1 N–H and O–H groups in total. The molecule has 112 valence electrons. The van der Waals surface area contributed by atoms with Crippen molar-refractivity contribution in [3.05, 3.63) is 42.0 Å². The van der Waals surface area contributed by atoms with Gasteiger partial charge in [0.25, 0.3) is 5.91 Å². The van der Waals surface area contributed by atoms with Crippen molar-refractivity contribution in [3.63, 3.8) is 0 Å². The van der Waals surface area contributed by atoms with Crippen molar-refractivity contribution in [2.24, 2.45) is 7.05 Å². The second-order valence-electron chi connectivity index (χ2n) is 5.67. The van der Waals surface area contributed by atoms with E-state index in [1.54, 1.807) is 0 Å². The lowest BCUT2D eigenvalue weighted by atomic mass is 10.1. The summed E-state index contributed by atoms with van der Waals surface area (Å²) in [5, 5.41) is 7.40. The first kappa shape index (κ1) is 13.9. The number of likely N-dealkylation sites (N-methyl/N-ethyl adjacent to an activating group) is 1. The van der Waals surface area contributed by atoms with Gasteiger partial charge in [-0.15, -0.1) is 0 Å². The molecule has 1 aliphatic heterocycles. The number of hydrogen-bond donors (Lipinski definition) is 1. The standard InChI is InChI=1S/C15H21N5O/c1-18-10-12(20-13(11-18)6-8-17-20)5-7-16-15(21)14-4-3-9-19(14)2/h3-4,6,8-9,12H,5,7,10-11H2,1-2H3,(H,16,21)/t12-/m0/s1. The van der Waals surface area contributed by atoms with Crippen molar-refractivity contribution < 1.29 is 4.79 Å². The van der Waals surface area contributed by atoms with Gasteiger partial charge in [0.2, 0.25) is 0 Å². The summed E-state index contributed by atoms with van der Waals surface area (Å²) in [5.41, 5.74) is 1.93. The molecule has 1 atom stereocenters. The number of amides is 1. The highest BCUT2D eigenvalue weighted by Crippen LogP contribution is 2.21. The maximum Gasteiger partial charge on any atom is 0.267 e. The third-order valence-electron chi connectivity index (χ3n) is 3.99. The zero-order valence-corrected chi connectivity index (χ0v) is 12.5. The summed E-state index contributed by atoms with van der Waals surface area (Å²) in [6.45, 7) is 2.56. The Hall–Kier alpha value is -2.08. The number of carbonyl (C=O) groups is 1. The Morgan fingerprint density at radius 1 is 1.43 bits per heavy atom. The zero-order chi connectivity index (χ0) is 14.8. The van der Waals surface area contributed by atoms with Crippen LogP contribution >= 0.6 is 0 Å². The molecule has 1 aliphatic rings. The van der Waals surface area contributed by atoms with Gasteiger partial charge in [-0.05, 0) is 31.7 Å². The number of rotatable bonds is 4. The Balaban J connectivity index is 1.57. The minimum absolute atomic E-state index is 0.0210. The quantitative estimate of drug-likeness (QED) is 0.914. The molecule has 21 heavy (non-hydrogen) atoms. The maximum absolute atomic E-state index is 12.1. The lowest BCUT2D eigenvalue weighted by Crippen LogP contribution is -2.37. The highest BCUT2D eigenvalue weighted by Gasteiger charge is 2.23. The van der Waals surface area contributed by atoms with Crippen molar-refractivity contribution in [1.82, 2.24) is 24.6 Å². The summed E-state index contributed by atoms with van der Waals surface area (Å²) >= 11 is 0. The summed E-state index contributed by atoms with van der Waals surface area (Å²) < 4.78 is 3.92. The SMILES string of the molecule is CN1Cc2ccnn2[C@@H](CCNC(=O)c2cccn2C)C1. The van der Waals surface area contributed by atoms with Crippen LogP contribution in [0.15, 0.2) is 30.6 Å². The zero-order valence-electron chi connectivity index (χ0n) is 12.5. The number of fused-ring (bicyclic) bond motifs is 1. The molecular weight excluding hydrogens is 266 g/mol. The van der Waals surface area contributed by atoms with Crippen molar-refractivity contribution in [1.29, 1.82) is 0 Å². The molecule has 1 amide bonds. The lowest BCUT2D eigenvalue weighted by Gasteiger charge is -2.31. The molecule has 6 nitrogen and oxygen atoms in total. The highest BCUT2D eigenvalue weighted by molar-refractivity contribution is 5.92. The highest BCUT2D eigenvalue weighted by atomic mass is 16.1. The molecule has 0 aliphatic carbocycles. The molecule has 0 unspecified atom stereocenters. The molecule has 0 saturated heterocycles. The Morgan fingerprint density at radius 2 is 2.29 bits per heavy atom. The van der Waals surface area contributed by atoms with Crippen LogP contribution in [-0.4, -0.2) is 45.3 Å². The van der Waals surface area contributed by atoms with E-state index >= 15 is 0 Å². The fourth-order valence-corrected chi connectivity index (χ4v) is 2.93. The summed E-state index contributed by atoms with van der Waals surface area (Å²) in [6, 6.07) is 6.09. The Kier molecular flexibility index (Phi) is 3.79. The maximum atomic E-state index is 12.1. The number of hydrogen-bond acceptors (Lipinski definition) is 3. The summed E-state index contributed by atoms with van der Waals surface area (Å²) in [5.74, 6) is -0.0210. The smallest absolute Gasteiger partial charge is 0.267 e. The van der Waals surface area contributed by atoms with E-state index in [0.717, 1.165) is 19.5 Å². The largest absolute Gasteiger partial charge is 0.351 e. The van der Waals surface area contributed by atoms with Gasteiger partial charge < -0.3 is 9.88 Å². The predicted octanol–water partition coefficient (Wildman–Crippen LogP) is 1.03. The van der Waals surface area contributed by atoms with Gasteiger partial charge in [0.15, 0.2) is 0 Å². The van der Waals surface area contributed by atoms with Crippen LogP contribution < -0.4 is 5.32 Å². The lowest BCUT2D eigenvalue weighted by molar-refractivity contribution is 0.0940. The van der Waals surface area contributed by atoms with Crippen LogP contribution in [-0.2, 0) is 13.6 Å². The average molecular weight is 287 g/mol. The molecule has 0 bridgehead atoms. The van der Waals surface area contributed by atoms with E-state index in [1.807, 2.05) is 36.1 Å². The van der Waals surface area contributed by atoms with E-state index in [1.165, 1.54) is 5.69 Å². The van der Waals surface area contributed by atoms with Gasteiger partial charge in [0.05, 0.1) is 11.7 Å². The second kappa shape index (κ2) is 5.73. The minimum atomic E-state index is -0.0210. The summed E-state index contributed by atoms with van der Waals surface area (Å²) in [6.07, 6.45) is 4.61. The molecule has 0 saturated carbocycles. The first-order valence-electron chi connectivity index (χ1n) is 7.25. The minimum Gasteiger partial charge on any atom is -0.351 e. The molecule has 2 aromatic heterocycles. The Bertz CT molecular complexity index is 630. The van der Waals surface area contributed by atoms with Gasteiger partial charge in [0, 0.05) is 39.1 Å². The van der Waals surface area contributed by atoms with Crippen LogP contribution in [0.2, 0.25) is 0 Å². The van der Waals surface area contributed by atoms with Crippen molar-refractivity contribution in [2.45, 2.75) is 19.0 Å². The van der Waals surface area contributed by atoms with E-state index in [2.05, 4.69) is 33.1 Å². The molecule has 6 heteroatoms. The van der Waals surface area contributed by atoms with Crippen LogP contribution in [0.25, 0.3) is 0 Å². The predicted molar refractivity (Wildman–Crippen MR) is 80.0 cm³/mol. The monoisotopic (exact) mass is 287 g/mol. The van der Waals surface area contributed by atoms with Gasteiger partial charge in [0.1, 0.15) is 5.69 Å². The summed E-state index contributed by atoms with van der Waals surface area (Å²) in [7, 11) is 3.99. The first-order chi connectivity index (χ1) is 10.1. The van der Waals surface area contributed by atoms with Gasteiger partial charge in [-0.1, -0.05) is 0 Å². The third-order valence-corrected chi connectivity index (χ3v) is 3.99. The van der Waals surface area contributed by atoms with Crippen molar-refractivity contribution >= 4 is 5.91 Å². The van der Waals surface area contributed by atoms with Gasteiger partial charge in [-0.25, -0.2) is 0 Å². The van der Waals surface area contributed by atoms with Crippen LogP contribution in [0, 0.1) is 0 Å². The van der Waals surface area contributed by atoms with Crippen LogP contribution in [0.1, 0.15) is 28.6 Å². The van der Waals surface area contributed by atoms with Crippen LogP contribution in [0.5, 0.6) is 0 Å². The van der Waals surface area contributed by atoms with E-state index in [-0.39, 0.29) is 5.91 Å². The van der Waals surface area contributed by atoms with Gasteiger partial charge in [-0.3, -0.25) is 14.4 Å². The molecule has 0 spiro atoms. The number of aromatic nitrogens is 3. The van der Waals surface area contributed by atoms with E-state index in [0.29, 0.717) is 18.3 Å². The average Bonchev–Trinajstić information content (AvgIpc) is 3.06. The van der Waals surface area contributed by atoms with E-state index in [9.17, 15) is 4.79 Å². The molecule has 2 aromatic rings. The molecule has 0 radical (unpaired) electrons. The topological polar surface area (TPSA) is 55.1 Å². The van der Waals surface area contributed by atoms with Crippen molar-refractivity contribution in [3.8, 4) is 0 Å².